The van der Waals surface area contributed by atoms with Crippen molar-refractivity contribution in [2.24, 2.45) is 0 Å². The van der Waals surface area contributed by atoms with Gasteiger partial charge in [0, 0.05) is 16.6 Å². The van der Waals surface area contributed by atoms with Gasteiger partial charge in [-0.15, -0.1) is 0 Å². The molecule has 2 heteroatoms. The lowest BCUT2D eigenvalue weighted by molar-refractivity contribution is 1.12. The highest BCUT2D eigenvalue weighted by atomic mass is 79.9. The van der Waals surface area contributed by atoms with Gasteiger partial charge in [-0.25, -0.2) is 0 Å². The first kappa shape index (κ1) is 10.4. The number of hydrogen-bond donors (Lipinski definition) is 0. The van der Waals surface area contributed by atoms with E-state index in [1.54, 1.807) is 0 Å². The molecule has 0 aliphatic rings. The quantitative estimate of drug-likeness (QED) is 0.739. The minimum absolute atomic E-state index is 0.343. The average Bonchev–Trinajstić information content (AvgIpc) is 2.30. The molecule has 0 bridgehead atoms. The van der Waals surface area contributed by atoms with Crippen molar-refractivity contribution in [3.8, 4) is 11.3 Å². The second kappa shape index (κ2) is 4.58. The number of hydrogen-bond acceptors (Lipinski definition) is 1. The molecule has 76 valence electrons. The van der Waals surface area contributed by atoms with Crippen LogP contribution in [-0.4, -0.2) is 4.98 Å². The number of halogens is 1. The van der Waals surface area contributed by atoms with Crippen molar-refractivity contribution in [2.45, 2.75) is 11.8 Å². The van der Waals surface area contributed by atoms with Crippen molar-refractivity contribution in [3.05, 3.63) is 54.2 Å². The van der Waals surface area contributed by atoms with Crippen LogP contribution in [0.1, 0.15) is 17.3 Å². The number of aromatic nitrogens is 1. The van der Waals surface area contributed by atoms with E-state index in [9.17, 15) is 0 Å². The van der Waals surface area contributed by atoms with Gasteiger partial charge in [0.1, 0.15) is 0 Å². The lowest BCUT2D eigenvalue weighted by atomic mass is 10.0. The third kappa shape index (κ3) is 2.26. The van der Waals surface area contributed by atoms with Gasteiger partial charge in [-0.2, -0.15) is 0 Å². The Bertz CT molecular complexity index is 437. The van der Waals surface area contributed by atoms with Crippen LogP contribution < -0.4 is 0 Å². The normalized spacial score (nSPS) is 12.4. The molecule has 1 atom stereocenters. The van der Waals surface area contributed by atoms with Gasteiger partial charge in [-0.1, -0.05) is 46.3 Å². The maximum atomic E-state index is 4.37. The second-order valence-corrected chi connectivity index (χ2v) is 4.79. The molecule has 0 spiro atoms. The smallest absolute Gasteiger partial charge is 0.0705 e. The molecule has 1 heterocycles. The van der Waals surface area contributed by atoms with Gasteiger partial charge in [0.15, 0.2) is 0 Å². The van der Waals surface area contributed by atoms with Gasteiger partial charge >= 0.3 is 0 Å². The van der Waals surface area contributed by atoms with Crippen LogP contribution in [0.3, 0.4) is 0 Å². The Morgan fingerprint density at radius 3 is 2.47 bits per heavy atom. The Hall–Kier alpha value is -1.15. The summed E-state index contributed by atoms with van der Waals surface area (Å²) in [6, 6.07) is 14.3. The van der Waals surface area contributed by atoms with Crippen LogP contribution >= 0.6 is 15.9 Å². The van der Waals surface area contributed by atoms with Gasteiger partial charge in [0.05, 0.1) is 5.69 Å². The molecule has 1 aromatic carbocycles. The fraction of sp³-hybridized carbons (Fsp3) is 0.154. The summed E-state index contributed by atoms with van der Waals surface area (Å²) in [4.78, 5) is 4.71. The fourth-order valence-electron chi connectivity index (χ4n) is 1.60. The zero-order valence-electron chi connectivity index (χ0n) is 8.52. The molecule has 0 saturated carbocycles. The molecule has 0 fully saturated rings. The minimum Gasteiger partial charge on any atom is -0.256 e. The maximum absolute atomic E-state index is 4.37. The van der Waals surface area contributed by atoms with Crippen molar-refractivity contribution >= 4 is 15.9 Å². The average molecular weight is 262 g/mol. The van der Waals surface area contributed by atoms with Gasteiger partial charge < -0.3 is 0 Å². The van der Waals surface area contributed by atoms with Gasteiger partial charge in [-0.3, -0.25) is 4.98 Å². The Morgan fingerprint density at radius 1 is 1.07 bits per heavy atom. The number of rotatable bonds is 2. The topological polar surface area (TPSA) is 12.9 Å². The van der Waals surface area contributed by atoms with E-state index in [2.05, 4.69) is 46.0 Å². The first-order chi connectivity index (χ1) is 7.29. The first-order valence-corrected chi connectivity index (χ1v) is 5.85. The largest absolute Gasteiger partial charge is 0.256 e. The summed E-state index contributed by atoms with van der Waals surface area (Å²) in [5, 5.41) is 0. The van der Waals surface area contributed by atoms with Crippen molar-refractivity contribution < 1.29 is 0 Å². The second-order valence-electron chi connectivity index (χ2n) is 3.42. The molecule has 1 nitrogen and oxygen atoms in total. The van der Waals surface area contributed by atoms with E-state index in [1.807, 2.05) is 30.5 Å². The van der Waals surface area contributed by atoms with Crippen molar-refractivity contribution in [1.29, 1.82) is 0 Å². The van der Waals surface area contributed by atoms with E-state index in [0.717, 1.165) is 5.69 Å². The molecule has 0 amide bonds. The maximum Gasteiger partial charge on any atom is 0.0705 e. The van der Waals surface area contributed by atoms with Crippen molar-refractivity contribution in [3.63, 3.8) is 0 Å². The van der Waals surface area contributed by atoms with Crippen LogP contribution in [-0.2, 0) is 0 Å². The number of alkyl halides is 1. The minimum atomic E-state index is 0.343. The Balaban J connectivity index is 2.53. The highest BCUT2D eigenvalue weighted by Gasteiger charge is 2.08. The number of nitrogens with zero attached hydrogens (tertiary/aromatic N) is 1. The molecule has 0 saturated heterocycles. The zero-order valence-corrected chi connectivity index (χ0v) is 10.1. The highest BCUT2D eigenvalue weighted by Crippen LogP contribution is 2.30. The molecule has 1 aromatic heterocycles. The standard InChI is InChI=1S/C13H12BrN/c1-10(14)11-6-2-3-7-12(11)13-8-4-5-9-15-13/h2-10H,1H3. The fourth-order valence-corrected chi connectivity index (χ4v) is 2.00. The molecular formula is C13H12BrN. The summed E-state index contributed by atoms with van der Waals surface area (Å²) in [6.45, 7) is 2.13. The van der Waals surface area contributed by atoms with Crippen LogP contribution in [0.2, 0.25) is 0 Å². The molecular weight excluding hydrogens is 250 g/mol. The van der Waals surface area contributed by atoms with Crippen LogP contribution in [0.4, 0.5) is 0 Å². The third-order valence-corrected chi connectivity index (χ3v) is 2.82. The molecule has 0 aliphatic heterocycles. The highest BCUT2D eigenvalue weighted by molar-refractivity contribution is 9.09. The Labute approximate surface area is 98.3 Å². The summed E-state index contributed by atoms with van der Waals surface area (Å²) in [6.07, 6.45) is 1.82. The zero-order chi connectivity index (χ0) is 10.7. The van der Waals surface area contributed by atoms with Gasteiger partial charge in [0.2, 0.25) is 0 Å². The van der Waals surface area contributed by atoms with E-state index in [4.69, 9.17) is 0 Å². The summed E-state index contributed by atoms with van der Waals surface area (Å²) in [7, 11) is 0. The SMILES string of the molecule is CC(Br)c1ccccc1-c1ccccn1. The summed E-state index contributed by atoms with van der Waals surface area (Å²) >= 11 is 3.60. The molecule has 2 aromatic rings. The van der Waals surface area contributed by atoms with E-state index in [0.29, 0.717) is 4.83 Å². The van der Waals surface area contributed by atoms with Crippen LogP contribution in [0.25, 0.3) is 11.3 Å². The van der Waals surface area contributed by atoms with E-state index in [1.165, 1.54) is 11.1 Å². The number of benzene rings is 1. The summed E-state index contributed by atoms with van der Waals surface area (Å²) in [5.74, 6) is 0. The summed E-state index contributed by atoms with van der Waals surface area (Å²) in [5.41, 5.74) is 3.50. The van der Waals surface area contributed by atoms with E-state index >= 15 is 0 Å². The van der Waals surface area contributed by atoms with Crippen LogP contribution in [0.15, 0.2) is 48.7 Å². The molecule has 0 radical (unpaired) electrons. The van der Waals surface area contributed by atoms with Crippen LogP contribution in [0.5, 0.6) is 0 Å². The molecule has 2 rings (SSSR count). The molecule has 0 N–H and O–H groups in total. The number of pyridine rings is 1. The van der Waals surface area contributed by atoms with E-state index in [-0.39, 0.29) is 0 Å². The first-order valence-electron chi connectivity index (χ1n) is 4.93. The van der Waals surface area contributed by atoms with E-state index < -0.39 is 0 Å². The van der Waals surface area contributed by atoms with Gasteiger partial charge in [0.25, 0.3) is 0 Å². The molecule has 0 aliphatic carbocycles. The van der Waals surface area contributed by atoms with Crippen molar-refractivity contribution in [2.75, 3.05) is 0 Å². The Kier molecular flexibility index (Phi) is 3.17. The predicted octanol–water partition coefficient (Wildman–Crippen LogP) is 4.20. The lowest BCUT2D eigenvalue weighted by Crippen LogP contribution is -1.90. The predicted molar refractivity (Wildman–Crippen MR) is 67.0 cm³/mol. The monoisotopic (exact) mass is 261 g/mol. The molecule has 15 heavy (non-hydrogen) atoms. The van der Waals surface area contributed by atoms with Crippen molar-refractivity contribution in [1.82, 2.24) is 4.98 Å². The van der Waals surface area contributed by atoms with Gasteiger partial charge in [-0.05, 0) is 24.6 Å². The summed E-state index contributed by atoms with van der Waals surface area (Å²) < 4.78 is 0. The molecule has 1 unspecified atom stereocenters. The third-order valence-electron chi connectivity index (χ3n) is 2.33. The Morgan fingerprint density at radius 2 is 1.80 bits per heavy atom. The van der Waals surface area contributed by atoms with Crippen LogP contribution in [0, 0.1) is 0 Å². The lowest BCUT2D eigenvalue weighted by Gasteiger charge is -2.10.